The first-order valence-corrected chi connectivity index (χ1v) is 6.17. The predicted octanol–water partition coefficient (Wildman–Crippen LogP) is 2.62. The topological polar surface area (TPSA) is 50.9 Å². The van der Waals surface area contributed by atoms with Crippen molar-refractivity contribution >= 4 is 27.5 Å². The fraction of sp³-hybridized carbons (Fsp3) is 0.273. The molecule has 1 unspecified atom stereocenters. The number of hydrogen-bond donors (Lipinski definition) is 1. The number of rotatable bonds is 2. The molecule has 6 heteroatoms. The van der Waals surface area contributed by atoms with E-state index < -0.39 is 6.10 Å². The van der Waals surface area contributed by atoms with Crippen molar-refractivity contribution in [3.63, 3.8) is 0 Å². The highest BCUT2D eigenvalue weighted by molar-refractivity contribution is 9.10. The quantitative estimate of drug-likeness (QED) is 0.926. The van der Waals surface area contributed by atoms with Crippen LogP contribution in [0.5, 0.6) is 0 Å². The summed E-state index contributed by atoms with van der Waals surface area (Å²) in [6, 6.07) is 5.44. The van der Waals surface area contributed by atoms with Gasteiger partial charge in [0.2, 0.25) is 0 Å². The van der Waals surface area contributed by atoms with Crippen LogP contribution in [-0.4, -0.2) is 20.1 Å². The van der Waals surface area contributed by atoms with Crippen LogP contribution in [0.15, 0.2) is 22.8 Å². The summed E-state index contributed by atoms with van der Waals surface area (Å²) in [5, 5.41) is 18.7. The summed E-state index contributed by atoms with van der Waals surface area (Å²) in [5.41, 5.74) is 2.22. The van der Waals surface area contributed by atoms with E-state index in [0.29, 0.717) is 15.3 Å². The van der Waals surface area contributed by atoms with Crippen molar-refractivity contribution in [2.75, 3.05) is 0 Å². The first-order chi connectivity index (χ1) is 8.02. The maximum Gasteiger partial charge on any atom is 0.154 e. The molecular formula is C11H11BrClN3O. The molecule has 1 N–H and O–H groups in total. The summed E-state index contributed by atoms with van der Waals surface area (Å²) in [6.07, 6.45) is -0.803. The second kappa shape index (κ2) is 4.76. The Balaban J connectivity index is 2.51. The van der Waals surface area contributed by atoms with Crippen LogP contribution in [0.4, 0.5) is 0 Å². The lowest BCUT2D eigenvalue weighted by molar-refractivity contribution is 0.208. The van der Waals surface area contributed by atoms with Crippen LogP contribution in [0.1, 0.15) is 22.9 Å². The summed E-state index contributed by atoms with van der Waals surface area (Å²) in [5.74, 6) is 0. The van der Waals surface area contributed by atoms with Gasteiger partial charge in [0.15, 0.2) is 4.60 Å². The standard InChI is InChI=1S/C11H11BrClN3O/c1-6-7(4-3-5-8(6)13)10(17)9-11(12)14-15-16(9)2/h3-5,10,17H,1-2H3. The number of aromatic nitrogens is 3. The van der Waals surface area contributed by atoms with E-state index in [1.54, 1.807) is 13.1 Å². The largest absolute Gasteiger partial charge is 0.382 e. The Bertz CT molecular complexity index is 536. The Labute approximate surface area is 112 Å². The molecule has 1 heterocycles. The number of benzene rings is 1. The summed E-state index contributed by atoms with van der Waals surface area (Å²) in [7, 11) is 1.73. The second-order valence-electron chi connectivity index (χ2n) is 3.75. The lowest BCUT2D eigenvalue weighted by atomic mass is 10.0. The van der Waals surface area contributed by atoms with E-state index in [0.717, 1.165) is 11.1 Å². The molecule has 0 radical (unpaired) electrons. The van der Waals surface area contributed by atoms with Gasteiger partial charge >= 0.3 is 0 Å². The van der Waals surface area contributed by atoms with Crippen LogP contribution < -0.4 is 0 Å². The van der Waals surface area contributed by atoms with E-state index in [2.05, 4.69) is 26.2 Å². The molecule has 0 bridgehead atoms. The minimum Gasteiger partial charge on any atom is -0.382 e. The van der Waals surface area contributed by atoms with Gasteiger partial charge in [-0.05, 0) is 40.0 Å². The molecule has 0 aliphatic rings. The van der Waals surface area contributed by atoms with Crippen LogP contribution in [0.3, 0.4) is 0 Å². The summed E-state index contributed by atoms with van der Waals surface area (Å²) >= 11 is 9.31. The summed E-state index contributed by atoms with van der Waals surface area (Å²) in [4.78, 5) is 0. The van der Waals surface area contributed by atoms with Crippen molar-refractivity contribution in [3.05, 3.63) is 44.6 Å². The van der Waals surface area contributed by atoms with E-state index in [4.69, 9.17) is 11.6 Å². The minimum absolute atomic E-state index is 0.534. The van der Waals surface area contributed by atoms with Crippen molar-refractivity contribution in [3.8, 4) is 0 Å². The molecule has 4 nitrogen and oxygen atoms in total. The van der Waals surface area contributed by atoms with Gasteiger partial charge in [0.1, 0.15) is 11.8 Å². The van der Waals surface area contributed by atoms with Crippen molar-refractivity contribution in [2.24, 2.45) is 7.05 Å². The lowest BCUT2D eigenvalue weighted by Gasteiger charge is -2.14. The average molecular weight is 317 g/mol. The van der Waals surface area contributed by atoms with Gasteiger partial charge in [0, 0.05) is 12.1 Å². The van der Waals surface area contributed by atoms with Crippen molar-refractivity contribution in [1.29, 1.82) is 0 Å². The molecule has 1 aromatic heterocycles. The molecule has 90 valence electrons. The summed E-state index contributed by atoms with van der Waals surface area (Å²) in [6.45, 7) is 1.87. The highest BCUT2D eigenvalue weighted by atomic mass is 79.9. The molecule has 0 saturated heterocycles. The van der Waals surface area contributed by atoms with Crippen molar-refractivity contribution in [2.45, 2.75) is 13.0 Å². The zero-order valence-electron chi connectivity index (χ0n) is 9.35. The van der Waals surface area contributed by atoms with Gasteiger partial charge in [-0.2, -0.15) is 0 Å². The highest BCUT2D eigenvalue weighted by Crippen LogP contribution is 2.31. The van der Waals surface area contributed by atoms with Gasteiger partial charge in [-0.15, -0.1) is 5.10 Å². The number of halogens is 2. The minimum atomic E-state index is -0.803. The van der Waals surface area contributed by atoms with Gasteiger partial charge in [-0.1, -0.05) is 28.9 Å². The van der Waals surface area contributed by atoms with Crippen LogP contribution >= 0.6 is 27.5 Å². The molecule has 2 rings (SSSR count). The Kier molecular flexibility index (Phi) is 3.51. The first-order valence-electron chi connectivity index (χ1n) is 5.00. The molecule has 1 aromatic carbocycles. The first kappa shape index (κ1) is 12.5. The maximum atomic E-state index is 10.4. The molecule has 0 aliphatic heterocycles. The van der Waals surface area contributed by atoms with Gasteiger partial charge in [0.05, 0.1) is 0 Å². The van der Waals surface area contributed by atoms with Gasteiger partial charge in [0.25, 0.3) is 0 Å². The average Bonchev–Trinajstić information content (AvgIpc) is 2.62. The van der Waals surface area contributed by atoms with Gasteiger partial charge in [-0.3, -0.25) is 0 Å². The van der Waals surface area contributed by atoms with Crippen molar-refractivity contribution < 1.29 is 5.11 Å². The molecule has 17 heavy (non-hydrogen) atoms. The molecule has 2 aromatic rings. The molecule has 0 saturated carbocycles. The molecule has 0 amide bonds. The van der Waals surface area contributed by atoms with Gasteiger partial charge < -0.3 is 5.11 Å². The Morgan fingerprint density at radius 1 is 1.47 bits per heavy atom. The predicted molar refractivity (Wildman–Crippen MR) is 69.0 cm³/mol. The second-order valence-corrected chi connectivity index (χ2v) is 4.90. The van der Waals surface area contributed by atoms with E-state index >= 15 is 0 Å². The molecular weight excluding hydrogens is 305 g/mol. The van der Waals surface area contributed by atoms with Gasteiger partial charge in [-0.25, -0.2) is 4.68 Å². The normalized spacial score (nSPS) is 12.8. The Hall–Kier alpha value is -0.910. The number of aliphatic hydroxyl groups is 1. The number of aryl methyl sites for hydroxylation is 1. The van der Waals surface area contributed by atoms with E-state index in [1.165, 1.54) is 4.68 Å². The smallest absolute Gasteiger partial charge is 0.154 e. The van der Waals surface area contributed by atoms with Crippen molar-refractivity contribution in [1.82, 2.24) is 15.0 Å². The molecule has 0 aliphatic carbocycles. The SMILES string of the molecule is Cc1c(Cl)cccc1C(O)c1c(Br)nnn1C. The third-order valence-corrected chi connectivity index (χ3v) is 3.66. The fourth-order valence-corrected chi connectivity index (χ4v) is 2.42. The van der Waals surface area contributed by atoms with Crippen LogP contribution in [0, 0.1) is 6.92 Å². The summed E-state index contributed by atoms with van der Waals surface area (Å²) < 4.78 is 2.07. The maximum absolute atomic E-state index is 10.4. The monoisotopic (exact) mass is 315 g/mol. The highest BCUT2D eigenvalue weighted by Gasteiger charge is 2.21. The van der Waals surface area contributed by atoms with Crippen LogP contribution in [0.2, 0.25) is 5.02 Å². The van der Waals surface area contributed by atoms with Crippen LogP contribution in [-0.2, 0) is 7.05 Å². The van der Waals surface area contributed by atoms with Crippen LogP contribution in [0.25, 0.3) is 0 Å². The Morgan fingerprint density at radius 2 is 2.18 bits per heavy atom. The molecule has 1 atom stereocenters. The van der Waals surface area contributed by atoms with E-state index in [1.807, 2.05) is 19.1 Å². The lowest BCUT2D eigenvalue weighted by Crippen LogP contribution is -2.08. The third-order valence-electron chi connectivity index (χ3n) is 2.69. The fourth-order valence-electron chi connectivity index (χ4n) is 1.70. The number of nitrogens with zero attached hydrogens (tertiary/aromatic N) is 3. The third kappa shape index (κ3) is 2.22. The van der Waals surface area contributed by atoms with E-state index in [-0.39, 0.29) is 0 Å². The number of hydrogen-bond acceptors (Lipinski definition) is 3. The number of aliphatic hydroxyl groups excluding tert-OH is 1. The zero-order chi connectivity index (χ0) is 12.6. The molecule has 0 spiro atoms. The Morgan fingerprint density at radius 3 is 2.76 bits per heavy atom. The van der Waals surface area contributed by atoms with E-state index in [9.17, 15) is 5.11 Å². The zero-order valence-corrected chi connectivity index (χ0v) is 11.7. The molecule has 0 fully saturated rings.